The molecule has 0 aliphatic carbocycles. The van der Waals surface area contributed by atoms with Gasteiger partial charge in [-0.15, -0.1) is 5.10 Å². The molecule has 0 fully saturated rings. The maximum absolute atomic E-state index is 4.17. The van der Waals surface area contributed by atoms with Crippen LogP contribution in [-0.4, -0.2) is 21.5 Å². The highest BCUT2D eigenvalue weighted by molar-refractivity contribution is 5.73. The lowest BCUT2D eigenvalue weighted by molar-refractivity contribution is 0.489. The fourth-order valence-electron chi connectivity index (χ4n) is 2.43. The maximum atomic E-state index is 4.17. The van der Waals surface area contributed by atoms with E-state index in [-0.39, 0.29) is 0 Å². The molecule has 0 radical (unpaired) electrons. The summed E-state index contributed by atoms with van der Waals surface area (Å²) in [6, 6.07) is 8.08. The molecule has 0 amide bonds. The third-order valence-corrected chi connectivity index (χ3v) is 3.64. The first-order valence-electron chi connectivity index (χ1n) is 7.91. The number of nitrogens with zero attached hydrogens (tertiary/aromatic N) is 3. The first-order chi connectivity index (χ1) is 9.92. The van der Waals surface area contributed by atoms with Crippen LogP contribution in [0.2, 0.25) is 0 Å². The molecule has 4 nitrogen and oxygen atoms in total. The van der Waals surface area contributed by atoms with Gasteiger partial charge in [-0.25, -0.2) is 4.68 Å². The maximum Gasteiger partial charge on any atom is 0.113 e. The van der Waals surface area contributed by atoms with E-state index in [0.29, 0.717) is 0 Å². The van der Waals surface area contributed by atoms with Crippen molar-refractivity contribution in [2.24, 2.45) is 0 Å². The van der Waals surface area contributed by atoms with E-state index >= 15 is 0 Å². The zero-order valence-electron chi connectivity index (χ0n) is 12.5. The van der Waals surface area contributed by atoms with Crippen molar-refractivity contribution in [3.05, 3.63) is 24.3 Å². The van der Waals surface area contributed by atoms with Crippen LogP contribution in [0.5, 0.6) is 0 Å². The van der Waals surface area contributed by atoms with Gasteiger partial charge in [0.15, 0.2) is 0 Å². The van der Waals surface area contributed by atoms with Crippen LogP contribution in [0.1, 0.15) is 51.9 Å². The van der Waals surface area contributed by atoms with Crippen LogP contribution >= 0.6 is 0 Å². The quantitative estimate of drug-likeness (QED) is 0.671. The van der Waals surface area contributed by atoms with Crippen LogP contribution < -0.4 is 5.32 Å². The summed E-state index contributed by atoms with van der Waals surface area (Å²) in [6.07, 6.45) is 9.45. The highest BCUT2D eigenvalue weighted by Gasteiger charge is 2.01. The summed E-state index contributed by atoms with van der Waals surface area (Å²) in [4.78, 5) is 0. The van der Waals surface area contributed by atoms with Gasteiger partial charge >= 0.3 is 0 Å². The van der Waals surface area contributed by atoms with Crippen molar-refractivity contribution in [3.63, 3.8) is 0 Å². The first kappa shape index (κ1) is 15.0. The number of aromatic nitrogens is 3. The van der Waals surface area contributed by atoms with Crippen LogP contribution in [0.25, 0.3) is 11.0 Å². The van der Waals surface area contributed by atoms with Crippen molar-refractivity contribution < 1.29 is 0 Å². The summed E-state index contributed by atoms with van der Waals surface area (Å²) in [5.41, 5.74) is 2.06. The summed E-state index contributed by atoms with van der Waals surface area (Å²) >= 11 is 0. The molecule has 0 unspecified atom stereocenters. The molecule has 0 saturated carbocycles. The Morgan fingerprint density at radius 2 is 1.75 bits per heavy atom. The van der Waals surface area contributed by atoms with Crippen LogP contribution in [0.3, 0.4) is 0 Å². The molecule has 0 aliphatic heterocycles. The molecule has 0 spiro atoms. The van der Waals surface area contributed by atoms with Gasteiger partial charge in [0, 0.05) is 0 Å². The Labute approximate surface area is 121 Å². The van der Waals surface area contributed by atoms with Gasteiger partial charge < -0.3 is 0 Å². The molecule has 2 rings (SSSR count). The minimum absolute atomic E-state index is 0.746. The van der Waals surface area contributed by atoms with Crippen molar-refractivity contribution in [1.82, 2.24) is 20.3 Å². The Morgan fingerprint density at radius 3 is 2.60 bits per heavy atom. The zero-order chi connectivity index (χ0) is 14.0. The van der Waals surface area contributed by atoms with Gasteiger partial charge in [0.1, 0.15) is 5.52 Å². The second kappa shape index (κ2) is 8.69. The van der Waals surface area contributed by atoms with Crippen molar-refractivity contribution in [3.8, 4) is 0 Å². The molecule has 0 saturated heterocycles. The Hall–Kier alpha value is -1.42. The number of rotatable bonds is 10. The van der Waals surface area contributed by atoms with Gasteiger partial charge in [-0.2, -0.15) is 0 Å². The zero-order valence-corrected chi connectivity index (χ0v) is 12.5. The van der Waals surface area contributed by atoms with E-state index < -0.39 is 0 Å². The normalized spacial score (nSPS) is 11.2. The average Bonchev–Trinajstić information content (AvgIpc) is 2.89. The Bertz CT molecular complexity index is 492. The van der Waals surface area contributed by atoms with Crippen LogP contribution in [-0.2, 0) is 6.67 Å². The number of unbranched alkanes of at least 4 members (excludes halogenated alkanes) is 6. The van der Waals surface area contributed by atoms with E-state index in [2.05, 4.69) is 28.6 Å². The third-order valence-electron chi connectivity index (χ3n) is 3.64. The average molecular weight is 274 g/mol. The summed E-state index contributed by atoms with van der Waals surface area (Å²) in [7, 11) is 0. The molecule has 20 heavy (non-hydrogen) atoms. The van der Waals surface area contributed by atoms with E-state index in [1.165, 1.54) is 44.9 Å². The molecule has 1 heterocycles. The summed E-state index contributed by atoms with van der Waals surface area (Å²) in [6.45, 7) is 4.07. The van der Waals surface area contributed by atoms with Crippen LogP contribution in [0.15, 0.2) is 24.3 Å². The first-order valence-corrected chi connectivity index (χ1v) is 7.91. The van der Waals surface area contributed by atoms with Crippen molar-refractivity contribution in [2.75, 3.05) is 6.54 Å². The summed E-state index contributed by atoms with van der Waals surface area (Å²) in [5.74, 6) is 0. The molecule has 0 atom stereocenters. The molecule has 110 valence electrons. The SMILES string of the molecule is CCCCCCCCCNCn1nnc2ccccc21. The van der Waals surface area contributed by atoms with Crippen molar-refractivity contribution >= 4 is 11.0 Å². The smallest absolute Gasteiger partial charge is 0.113 e. The predicted molar refractivity (Wildman–Crippen MR) is 83.5 cm³/mol. The number of nitrogens with one attached hydrogen (secondary N) is 1. The number of benzene rings is 1. The molecule has 0 bridgehead atoms. The molecule has 1 aromatic carbocycles. The largest absolute Gasteiger partial charge is 0.298 e. The van der Waals surface area contributed by atoms with E-state index in [1.54, 1.807) is 0 Å². The van der Waals surface area contributed by atoms with Gasteiger partial charge in [-0.3, -0.25) is 5.32 Å². The van der Waals surface area contributed by atoms with Gasteiger partial charge in [-0.1, -0.05) is 62.8 Å². The molecule has 2 aromatic rings. The molecule has 1 aromatic heterocycles. The number of hydrogen-bond donors (Lipinski definition) is 1. The summed E-state index contributed by atoms with van der Waals surface area (Å²) in [5, 5.41) is 11.8. The van der Waals surface area contributed by atoms with E-state index in [4.69, 9.17) is 0 Å². The Morgan fingerprint density at radius 1 is 1.00 bits per heavy atom. The van der Waals surface area contributed by atoms with Gasteiger partial charge in [-0.05, 0) is 25.1 Å². The second-order valence-corrected chi connectivity index (χ2v) is 5.36. The minimum atomic E-state index is 0.746. The Kier molecular flexibility index (Phi) is 6.51. The topological polar surface area (TPSA) is 42.7 Å². The second-order valence-electron chi connectivity index (χ2n) is 5.36. The van der Waals surface area contributed by atoms with E-state index in [0.717, 1.165) is 24.2 Å². The van der Waals surface area contributed by atoms with Crippen molar-refractivity contribution in [2.45, 2.75) is 58.5 Å². The lowest BCUT2D eigenvalue weighted by Gasteiger charge is -2.05. The number of hydrogen-bond acceptors (Lipinski definition) is 3. The monoisotopic (exact) mass is 274 g/mol. The molecular weight excluding hydrogens is 248 g/mol. The van der Waals surface area contributed by atoms with E-state index in [1.807, 2.05) is 22.9 Å². The molecular formula is C16H26N4. The van der Waals surface area contributed by atoms with Crippen LogP contribution in [0.4, 0.5) is 0 Å². The Balaban J connectivity index is 1.57. The molecule has 4 heteroatoms. The van der Waals surface area contributed by atoms with E-state index in [9.17, 15) is 0 Å². The summed E-state index contributed by atoms with van der Waals surface area (Å²) < 4.78 is 1.93. The fourth-order valence-corrected chi connectivity index (χ4v) is 2.43. The highest BCUT2D eigenvalue weighted by atomic mass is 15.4. The molecule has 1 N–H and O–H groups in total. The minimum Gasteiger partial charge on any atom is -0.298 e. The number of para-hydroxylation sites is 1. The lowest BCUT2D eigenvalue weighted by Crippen LogP contribution is -2.20. The van der Waals surface area contributed by atoms with Crippen LogP contribution in [0, 0.1) is 0 Å². The van der Waals surface area contributed by atoms with Gasteiger partial charge in [0.05, 0.1) is 12.2 Å². The fraction of sp³-hybridized carbons (Fsp3) is 0.625. The number of fused-ring (bicyclic) bond motifs is 1. The highest BCUT2D eigenvalue weighted by Crippen LogP contribution is 2.09. The molecule has 0 aliphatic rings. The van der Waals surface area contributed by atoms with Crippen molar-refractivity contribution in [1.29, 1.82) is 0 Å². The lowest BCUT2D eigenvalue weighted by atomic mass is 10.1. The predicted octanol–water partition coefficient (Wildman–Crippen LogP) is 3.73. The van der Waals surface area contributed by atoms with Gasteiger partial charge in [0.25, 0.3) is 0 Å². The van der Waals surface area contributed by atoms with Gasteiger partial charge in [0.2, 0.25) is 0 Å². The standard InChI is InChI=1S/C16H26N4/c1-2-3-4-5-6-7-10-13-17-14-20-16-12-9-8-11-15(16)18-19-20/h8-9,11-12,17H,2-7,10,13-14H2,1H3. The third kappa shape index (κ3) is 4.60.